The number of carbonyl (C=O) groups is 1. The molecule has 0 aromatic heterocycles. The van der Waals surface area contributed by atoms with Crippen molar-refractivity contribution in [3.63, 3.8) is 0 Å². The minimum absolute atomic E-state index is 0.0646. The molecule has 11 heteroatoms. The first-order chi connectivity index (χ1) is 17.2. The lowest BCUT2D eigenvalue weighted by atomic mass is 9.84. The second kappa shape index (κ2) is 16.2. The average Bonchev–Trinajstić information content (AvgIpc) is 2.86. The van der Waals surface area contributed by atoms with Crippen molar-refractivity contribution < 1.29 is 54.8 Å². The SMILES string of the molecule is CCCCCCCCCCCCCC(=O)OC1C(O)C(O)C(O)C(O)C1OC1OCC(O)C(O)C1O. The van der Waals surface area contributed by atoms with Crippen molar-refractivity contribution in [2.24, 2.45) is 0 Å². The number of aliphatic hydroxyl groups excluding tert-OH is 7. The average molecular weight is 523 g/mol. The molecule has 10 atom stereocenters. The summed E-state index contributed by atoms with van der Waals surface area (Å²) in [5, 5.41) is 70.6. The Labute approximate surface area is 213 Å². The normalized spacial score (nSPS) is 37.1. The maximum atomic E-state index is 12.4. The van der Waals surface area contributed by atoms with Crippen LogP contribution in [-0.4, -0.2) is 110 Å². The highest BCUT2D eigenvalue weighted by atomic mass is 16.7. The lowest BCUT2D eigenvalue weighted by Gasteiger charge is -2.45. The van der Waals surface area contributed by atoms with Crippen molar-refractivity contribution in [2.45, 2.75) is 145 Å². The molecule has 11 nitrogen and oxygen atoms in total. The van der Waals surface area contributed by atoms with Gasteiger partial charge in [0.15, 0.2) is 12.4 Å². The molecule has 0 amide bonds. The summed E-state index contributed by atoms with van der Waals surface area (Å²) in [5.41, 5.74) is 0. The number of carbonyl (C=O) groups excluding carboxylic acids is 1. The van der Waals surface area contributed by atoms with Gasteiger partial charge in [-0.1, -0.05) is 71.1 Å². The molecule has 7 N–H and O–H groups in total. The molecule has 1 saturated heterocycles. The van der Waals surface area contributed by atoms with Crippen molar-refractivity contribution >= 4 is 5.97 Å². The second-order valence-corrected chi connectivity index (χ2v) is 10.1. The van der Waals surface area contributed by atoms with Crippen LogP contribution in [0.3, 0.4) is 0 Å². The fourth-order valence-corrected chi connectivity index (χ4v) is 4.67. The molecule has 0 radical (unpaired) electrons. The number of unbranched alkanes of at least 4 members (excludes halogenated alkanes) is 10. The molecule has 1 saturated carbocycles. The maximum absolute atomic E-state index is 12.4. The maximum Gasteiger partial charge on any atom is 0.306 e. The number of rotatable bonds is 15. The molecular formula is C25H46O11. The van der Waals surface area contributed by atoms with Crippen molar-refractivity contribution in [1.82, 2.24) is 0 Å². The number of esters is 1. The first-order valence-corrected chi connectivity index (χ1v) is 13.4. The molecule has 0 aromatic rings. The molecule has 1 aliphatic heterocycles. The Kier molecular flexibility index (Phi) is 14.1. The summed E-state index contributed by atoms with van der Waals surface area (Å²) in [4.78, 5) is 12.4. The van der Waals surface area contributed by atoms with Crippen LogP contribution in [0.25, 0.3) is 0 Å². The van der Waals surface area contributed by atoms with Gasteiger partial charge in [-0.3, -0.25) is 4.79 Å². The van der Waals surface area contributed by atoms with E-state index < -0.39 is 67.2 Å². The van der Waals surface area contributed by atoms with Crippen LogP contribution in [0.5, 0.6) is 0 Å². The predicted molar refractivity (Wildman–Crippen MR) is 128 cm³/mol. The molecule has 10 unspecified atom stereocenters. The van der Waals surface area contributed by atoms with Crippen molar-refractivity contribution in [3.05, 3.63) is 0 Å². The minimum Gasteiger partial charge on any atom is -0.457 e. The van der Waals surface area contributed by atoms with Gasteiger partial charge in [-0.25, -0.2) is 0 Å². The van der Waals surface area contributed by atoms with E-state index in [1.165, 1.54) is 44.9 Å². The summed E-state index contributed by atoms with van der Waals surface area (Å²) in [6, 6.07) is 0. The van der Waals surface area contributed by atoms with Gasteiger partial charge in [0.05, 0.1) is 6.61 Å². The lowest BCUT2D eigenvalue weighted by Crippen LogP contribution is -2.67. The summed E-state index contributed by atoms with van der Waals surface area (Å²) < 4.78 is 16.0. The Morgan fingerprint density at radius 1 is 0.667 bits per heavy atom. The highest BCUT2D eigenvalue weighted by Crippen LogP contribution is 2.30. The fraction of sp³-hybridized carbons (Fsp3) is 0.960. The van der Waals surface area contributed by atoms with Gasteiger partial charge >= 0.3 is 5.97 Å². The van der Waals surface area contributed by atoms with E-state index in [1.54, 1.807) is 0 Å². The number of ether oxygens (including phenoxy) is 3. The highest BCUT2D eigenvalue weighted by Gasteiger charge is 2.53. The zero-order valence-corrected chi connectivity index (χ0v) is 21.2. The zero-order valence-electron chi connectivity index (χ0n) is 21.2. The van der Waals surface area contributed by atoms with Gasteiger partial charge in [0.1, 0.15) is 48.8 Å². The highest BCUT2D eigenvalue weighted by molar-refractivity contribution is 5.69. The van der Waals surface area contributed by atoms with Gasteiger partial charge in [-0.2, -0.15) is 0 Å². The topological polar surface area (TPSA) is 186 Å². The van der Waals surface area contributed by atoms with Gasteiger partial charge in [-0.05, 0) is 6.42 Å². The molecule has 36 heavy (non-hydrogen) atoms. The van der Waals surface area contributed by atoms with E-state index in [4.69, 9.17) is 14.2 Å². The van der Waals surface area contributed by atoms with E-state index in [1.807, 2.05) is 0 Å². The van der Waals surface area contributed by atoms with Gasteiger partial charge < -0.3 is 50.0 Å². The molecule has 2 aliphatic rings. The molecule has 2 rings (SSSR count). The lowest BCUT2D eigenvalue weighted by molar-refractivity contribution is -0.322. The van der Waals surface area contributed by atoms with Crippen LogP contribution in [0.2, 0.25) is 0 Å². The smallest absolute Gasteiger partial charge is 0.306 e. The van der Waals surface area contributed by atoms with Crippen LogP contribution in [0.4, 0.5) is 0 Å². The molecule has 0 bridgehead atoms. The molecule has 1 aliphatic carbocycles. The van der Waals surface area contributed by atoms with Crippen LogP contribution >= 0.6 is 0 Å². The Balaban J connectivity index is 1.79. The molecular weight excluding hydrogens is 476 g/mol. The Morgan fingerprint density at radius 2 is 1.17 bits per heavy atom. The number of hydrogen-bond acceptors (Lipinski definition) is 11. The zero-order chi connectivity index (χ0) is 26.7. The van der Waals surface area contributed by atoms with E-state index in [-0.39, 0.29) is 13.0 Å². The number of hydrogen-bond donors (Lipinski definition) is 7. The van der Waals surface area contributed by atoms with Crippen LogP contribution < -0.4 is 0 Å². The van der Waals surface area contributed by atoms with E-state index in [0.29, 0.717) is 6.42 Å². The van der Waals surface area contributed by atoms with Gasteiger partial charge in [0, 0.05) is 6.42 Å². The van der Waals surface area contributed by atoms with E-state index in [9.17, 15) is 40.5 Å². The monoisotopic (exact) mass is 522 g/mol. The quantitative estimate of drug-likeness (QED) is 0.112. The summed E-state index contributed by atoms with van der Waals surface area (Å²) in [6.45, 7) is 1.83. The molecule has 212 valence electrons. The first-order valence-electron chi connectivity index (χ1n) is 13.4. The third-order valence-electron chi connectivity index (χ3n) is 7.04. The third kappa shape index (κ3) is 9.14. The number of aliphatic hydroxyl groups is 7. The van der Waals surface area contributed by atoms with Crippen LogP contribution in [0, 0.1) is 0 Å². The van der Waals surface area contributed by atoms with E-state index >= 15 is 0 Å². The summed E-state index contributed by atoms with van der Waals surface area (Å²) in [5.74, 6) is -0.667. The van der Waals surface area contributed by atoms with Crippen molar-refractivity contribution in [3.8, 4) is 0 Å². The fourth-order valence-electron chi connectivity index (χ4n) is 4.67. The summed E-state index contributed by atoms with van der Waals surface area (Å²) >= 11 is 0. The summed E-state index contributed by atoms with van der Waals surface area (Å²) in [6.07, 6.45) is -4.15. The predicted octanol–water partition coefficient (Wildman–Crippen LogP) is -0.119. The molecule has 1 heterocycles. The first kappa shape index (κ1) is 31.3. The van der Waals surface area contributed by atoms with E-state index in [2.05, 4.69) is 6.92 Å². The van der Waals surface area contributed by atoms with Crippen molar-refractivity contribution in [2.75, 3.05) is 6.61 Å². The van der Waals surface area contributed by atoms with Crippen LogP contribution in [0.1, 0.15) is 84.0 Å². The van der Waals surface area contributed by atoms with Crippen LogP contribution in [-0.2, 0) is 19.0 Å². The van der Waals surface area contributed by atoms with Gasteiger partial charge in [0.2, 0.25) is 0 Å². The Bertz CT molecular complexity index is 621. The van der Waals surface area contributed by atoms with Gasteiger partial charge in [0.25, 0.3) is 0 Å². The van der Waals surface area contributed by atoms with Gasteiger partial charge in [-0.15, -0.1) is 0 Å². The van der Waals surface area contributed by atoms with E-state index in [0.717, 1.165) is 19.3 Å². The minimum atomic E-state index is -1.82. The summed E-state index contributed by atoms with van der Waals surface area (Å²) in [7, 11) is 0. The molecule has 2 fully saturated rings. The Hall–Kier alpha value is -0.890. The second-order valence-electron chi connectivity index (χ2n) is 10.1. The van der Waals surface area contributed by atoms with Crippen LogP contribution in [0.15, 0.2) is 0 Å². The van der Waals surface area contributed by atoms with Crippen molar-refractivity contribution in [1.29, 1.82) is 0 Å². The third-order valence-corrected chi connectivity index (χ3v) is 7.04. The molecule has 0 spiro atoms. The standard InChI is InChI=1S/C25H46O11/c1-2-3-4-5-6-7-8-9-10-11-12-13-16(27)35-23-20(31)18(29)19(30)21(32)24(23)36-25-22(33)17(28)15(26)14-34-25/h15,17-26,28-33H,2-14H2,1H3. The largest absolute Gasteiger partial charge is 0.457 e. The molecule has 0 aromatic carbocycles. The Morgan fingerprint density at radius 3 is 1.72 bits per heavy atom.